The molecule has 3 radical (unpaired) electrons. The fraction of sp³-hybridized carbons (Fsp3) is 0.250. The van der Waals surface area contributed by atoms with Crippen LogP contribution in [-0.2, 0) is 6.04 Å². The first-order valence-corrected chi connectivity index (χ1v) is 4.92. The summed E-state index contributed by atoms with van der Waals surface area (Å²) in [5.41, 5.74) is 2.74. The molecular weight excluding hydrogens is 251 g/mol. The van der Waals surface area contributed by atoms with Crippen molar-refractivity contribution in [3.8, 4) is 0 Å². The van der Waals surface area contributed by atoms with Crippen molar-refractivity contribution >= 4 is 32.8 Å². The standard InChI is InChI=1S/C8H8ISi/c1-6-4-8(9)3-2-7(6)5-10/h2-4H,5H2,1H3. The Morgan fingerprint density at radius 1 is 1.50 bits per heavy atom. The Bertz CT molecular complexity index is 233. The van der Waals surface area contributed by atoms with Gasteiger partial charge in [0.05, 0.1) is 0 Å². The van der Waals surface area contributed by atoms with E-state index in [0.717, 1.165) is 6.04 Å². The monoisotopic (exact) mass is 259 g/mol. The second-order valence-corrected chi connectivity index (χ2v) is 3.85. The fourth-order valence-corrected chi connectivity index (χ4v) is 1.90. The Labute approximate surface area is 78.6 Å². The van der Waals surface area contributed by atoms with Crippen molar-refractivity contribution in [1.29, 1.82) is 0 Å². The molecule has 0 unspecified atom stereocenters. The minimum absolute atomic E-state index is 0.947. The normalized spacial score (nSPS) is 9.90. The van der Waals surface area contributed by atoms with Gasteiger partial charge in [-0.05, 0) is 58.8 Å². The van der Waals surface area contributed by atoms with Crippen LogP contribution in [0.15, 0.2) is 18.2 Å². The molecule has 0 atom stereocenters. The van der Waals surface area contributed by atoms with E-state index in [0.29, 0.717) is 0 Å². The SMILES string of the molecule is Cc1cc(I)ccc1C[Si]. The Balaban J connectivity index is 3.07. The van der Waals surface area contributed by atoms with Crippen LogP contribution in [-0.4, -0.2) is 10.2 Å². The van der Waals surface area contributed by atoms with Gasteiger partial charge in [0.2, 0.25) is 0 Å². The molecule has 0 aliphatic carbocycles. The zero-order valence-electron chi connectivity index (χ0n) is 5.82. The molecule has 2 heteroatoms. The maximum absolute atomic E-state index is 3.48. The van der Waals surface area contributed by atoms with Gasteiger partial charge in [-0.2, -0.15) is 0 Å². The van der Waals surface area contributed by atoms with Crippen LogP contribution in [0, 0.1) is 10.5 Å². The Kier molecular flexibility index (Phi) is 2.91. The van der Waals surface area contributed by atoms with Crippen molar-refractivity contribution in [2.75, 3.05) is 0 Å². The van der Waals surface area contributed by atoms with Crippen LogP contribution < -0.4 is 0 Å². The van der Waals surface area contributed by atoms with Gasteiger partial charge >= 0.3 is 0 Å². The molecule has 0 aromatic heterocycles. The first-order chi connectivity index (χ1) is 4.74. The first-order valence-electron chi connectivity index (χ1n) is 3.13. The Morgan fingerprint density at radius 2 is 2.20 bits per heavy atom. The molecule has 51 valence electrons. The lowest BCUT2D eigenvalue weighted by molar-refractivity contribution is 1.29. The second-order valence-electron chi connectivity index (χ2n) is 2.25. The average Bonchev–Trinajstić information content (AvgIpc) is 1.88. The summed E-state index contributed by atoms with van der Waals surface area (Å²) in [5.74, 6) is 0. The number of halogens is 1. The van der Waals surface area contributed by atoms with Crippen molar-refractivity contribution in [3.05, 3.63) is 32.9 Å². The summed E-state index contributed by atoms with van der Waals surface area (Å²) in [6.45, 7) is 2.14. The summed E-state index contributed by atoms with van der Waals surface area (Å²) < 4.78 is 1.30. The van der Waals surface area contributed by atoms with Gasteiger partial charge in [-0.15, -0.1) is 0 Å². The third-order valence-electron chi connectivity index (χ3n) is 1.50. The molecular formula is C8H8ISi. The Morgan fingerprint density at radius 3 is 2.70 bits per heavy atom. The molecule has 0 bridgehead atoms. The third-order valence-corrected chi connectivity index (χ3v) is 2.55. The second kappa shape index (κ2) is 3.53. The zero-order chi connectivity index (χ0) is 7.56. The summed E-state index contributed by atoms with van der Waals surface area (Å²) in [4.78, 5) is 0. The van der Waals surface area contributed by atoms with E-state index in [4.69, 9.17) is 0 Å². The van der Waals surface area contributed by atoms with Crippen LogP contribution in [0.4, 0.5) is 0 Å². The van der Waals surface area contributed by atoms with Crippen LogP contribution in [0.25, 0.3) is 0 Å². The summed E-state index contributed by atoms with van der Waals surface area (Å²) in [6, 6.07) is 7.42. The van der Waals surface area contributed by atoms with Crippen LogP contribution in [0.1, 0.15) is 11.1 Å². The number of hydrogen-bond acceptors (Lipinski definition) is 0. The highest BCUT2D eigenvalue weighted by molar-refractivity contribution is 14.1. The van der Waals surface area contributed by atoms with Gasteiger partial charge in [-0.3, -0.25) is 0 Å². The summed E-state index contributed by atoms with van der Waals surface area (Å²) in [5, 5.41) is 0. The molecule has 1 aromatic carbocycles. The molecule has 10 heavy (non-hydrogen) atoms. The van der Waals surface area contributed by atoms with E-state index in [9.17, 15) is 0 Å². The number of hydrogen-bond donors (Lipinski definition) is 0. The van der Waals surface area contributed by atoms with E-state index >= 15 is 0 Å². The van der Waals surface area contributed by atoms with Crippen LogP contribution >= 0.6 is 22.6 Å². The van der Waals surface area contributed by atoms with Gasteiger partial charge in [0, 0.05) is 13.8 Å². The van der Waals surface area contributed by atoms with Crippen molar-refractivity contribution < 1.29 is 0 Å². The molecule has 0 amide bonds. The summed E-state index contributed by atoms with van der Waals surface area (Å²) in [7, 11) is 3.48. The molecule has 1 rings (SSSR count). The minimum Gasteiger partial charge on any atom is -0.0580 e. The molecule has 0 aliphatic heterocycles. The van der Waals surface area contributed by atoms with E-state index in [2.05, 4.69) is 58.0 Å². The predicted molar refractivity (Wildman–Crippen MR) is 53.4 cm³/mol. The topological polar surface area (TPSA) is 0 Å². The van der Waals surface area contributed by atoms with Gasteiger partial charge in [0.15, 0.2) is 0 Å². The highest BCUT2D eigenvalue weighted by Crippen LogP contribution is 2.12. The average molecular weight is 259 g/mol. The smallest absolute Gasteiger partial charge is 0.0283 e. The van der Waals surface area contributed by atoms with Crippen molar-refractivity contribution in [3.63, 3.8) is 0 Å². The molecule has 0 saturated heterocycles. The van der Waals surface area contributed by atoms with Gasteiger partial charge in [0.1, 0.15) is 0 Å². The number of benzene rings is 1. The maximum Gasteiger partial charge on any atom is 0.0283 e. The largest absolute Gasteiger partial charge is 0.0580 e. The van der Waals surface area contributed by atoms with Gasteiger partial charge in [0.25, 0.3) is 0 Å². The minimum atomic E-state index is 0.947. The maximum atomic E-state index is 3.48. The molecule has 0 aliphatic rings. The first kappa shape index (κ1) is 8.27. The molecule has 0 nitrogen and oxygen atoms in total. The quantitative estimate of drug-likeness (QED) is 0.536. The van der Waals surface area contributed by atoms with Crippen molar-refractivity contribution in [2.45, 2.75) is 13.0 Å². The zero-order valence-corrected chi connectivity index (χ0v) is 8.97. The highest BCUT2D eigenvalue weighted by atomic mass is 127. The Hall–Kier alpha value is 0.167. The number of rotatable bonds is 1. The van der Waals surface area contributed by atoms with Gasteiger partial charge in [-0.25, -0.2) is 0 Å². The van der Waals surface area contributed by atoms with E-state index in [1.54, 1.807) is 0 Å². The van der Waals surface area contributed by atoms with Crippen LogP contribution in [0.5, 0.6) is 0 Å². The molecule has 0 heterocycles. The van der Waals surface area contributed by atoms with Gasteiger partial charge in [-0.1, -0.05) is 6.07 Å². The van der Waals surface area contributed by atoms with Crippen LogP contribution in [0.2, 0.25) is 0 Å². The van der Waals surface area contributed by atoms with Crippen LogP contribution in [0.3, 0.4) is 0 Å². The third kappa shape index (κ3) is 1.82. The number of aryl methyl sites for hydroxylation is 1. The lowest BCUT2D eigenvalue weighted by Crippen LogP contribution is -1.88. The fourth-order valence-electron chi connectivity index (χ4n) is 0.858. The summed E-state index contributed by atoms with van der Waals surface area (Å²) >= 11 is 2.32. The predicted octanol–water partition coefficient (Wildman–Crippen LogP) is 2.27. The van der Waals surface area contributed by atoms with Gasteiger partial charge < -0.3 is 0 Å². The molecule has 0 spiro atoms. The molecule has 0 fully saturated rings. The summed E-state index contributed by atoms with van der Waals surface area (Å²) in [6.07, 6.45) is 0. The molecule has 0 N–H and O–H groups in total. The van der Waals surface area contributed by atoms with Crippen molar-refractivity contribution in [2.24, 2.45) is 0 Å². The molecule has 1 aromatic rings. The van der Waals surface area contributed by atoms with Crippen molar-refractivity contribution in [1.82, 2.24) is 0 Å². The molecule has 0 saturated carbocycles. The lowest BCUT2D eigenvalue weighted by Gasteiger charge is -2.01. The van der Waals surface area contributed by atoms with E-state index in [1.165, 1.54) is 14.7 Å². The van der Waals surface area contributed by atoms with E-state index in [1.807, 2.05) is 0 Å². The van der Waals surface area contributed by atoms with E-state index in [-0.39, 0.29) is 0 Å². The lowest BCUT2D eigenvalue weighted by atomic mass is 10.1. The van der Waals surface area contributed by atoms with E-state index < -0.39 is 0 Å². The highest BCUT2D eigenvalue weighted by Gasteiger charge is 1.94.